The predicted octanol–water partition coefficient (Wildman–Crippen LogP) is 1.22. The van der Waals surface area contributed by atoms with Crippen molar-refractivity contribution < 1.29 is 14.4 Å². The lowest BCUT2D eigenvalue weighted by atomic mass is 9.86. The van der Waals surface area contributed by atoms with E-state index in [-0.39, 0.29) is 17.3 Å². The Morgan fingerprint density at radius 2 is 1.86 bits per heavy atom. The summed E-state index contributed by atoms with van der Waals surface area (Å²) in [7, 11) is 0. The van der Waals surface area contributed by atoms with Crippen LogP contribution < -0.4 is 11.1 Å². The second kappa shape index (κ2) is 5.71. The maximum absolute atomic E-state index is 12.4. The van der Waals surface area contributed by atoms with E-state index in [0.717, 1.165) is 0 Å². The number of nitrogens with two attached hydrogens (primary N) is 1. The molecule has 22 heavy (non-hydrogen) atoms. The molecule has 0 spiro atoms. The van der Waals surface area contributed by atoms with Crippen molar-refractivity contribution in [1.82, 2.24) is 10.3 Å². The van der Waals surface area contributed by atoms with E-state index in [1.54, 1.807) is 12.1 Å². The fraction of sp³-hybridized carbons (Fsp3) is 0.375. The summed E-state index contributed by atoms with van der Waals surface area (Å²) in [5.74, 6) is -0.890. The van der Waals surface area contributed by atoms with E-state index in [9.17, 15) is 14.4 Å². The SMILES string of the molecule is CC(C)(C)C(=O)c1cncc(C(=O)C2CC=C(C(N)=O)N2)c1. The zero-order valence-corrected chi connectivity index (χ0v) is 12.8. The fourth-order valence-corrected chi connectivity index (χ4v) is 2.22. The predicted molar refractivity (Wildman–Crippen MR) is 81.2 cm³/mol. The van der Waals surface area contributed by atoms with Crippen LogP contribution in [0.4, 0.5) is 0 Å². The Morgan fingerprint density at radius 1 is 1.23 bits per heavy atom. The molecular formula is C16H19N3O3. The van der Waals surface area contributed by atoms with Crippen LogP contribution in [-0.2, 0) is 4.79 Å². The van der Waals surface area contributed by atoms with E-state index in [1.165, 1.54) is 12.4 Å². The number of aromatic nitrogens is 1. The van der Waals surface area contributed by atoms with Gasteiger partial charge >= 0.3 is 0 Å². The highest BCUT2D eigenvalue weighted by molar-refractivity contribution is 6.05. The van der Waals surface area contributed by atoms with Crippen LogP contribution >= 0.6 is 0 Å². The molecule has 1 amide bonds. The van der Waals surface area contributed by atoms with Gasteiger partial charge in [0.25, 0.3) is 5.91 Å². The standard InChI is InChI=1S/C16H19N3O3/c1-16(2,3)14(21)10-6-9(7-18-8-10)13(20)11-4-5-12(19-11)15(17)22/h5-8,11,19H,4H2,1-3H3,(H2,17,22). The molecule has 6 heteroatoms. The Morgan fingerprint density at radius 3 is 2.41 bits per heavy atom. The van der Waals surface area contributed by atoms with Crippen LogP contribution in [0.1, 0.15) is 47.9 Å². The smallest absolute Gasteiger partial charge is 0.264 e. The van der Waals surface area contributed by atoms with Crippen LogP contribution in [0.15, 0.2) is 30.2 Å². The number of amides is 1. The average molecular weight is 301 g/mol. The number of hydrogen-bond acceptors (Lipinski definition) is 5. The average Bonchev–Trinajstić information content (AvgIpc) is 2.95. The molecule has 0 bridgehead atoms. The third kappa shape index (κ3) is 3.21. The van der Waals surface area contributed by atoms with Gasteiger partial charge in [0.15, 0.2) is 11.6 Å². The second-order valence-electron chi connectivity index (χ2n) is 6.32. The summed E-state index contributed by atoms with van der Waals surface area (Å²) in [6.07, 6.45) is 4.86. The topological polar surface area (TPSA) is 102 Å². The number of nitrogens with one attached hydrogen (secondary N) is 1. The third-order valence-electron chi connectivity index (χ3n) is 3.44. The molecule has 1 aliphatic rings. The molecule has 3 N–H and O–H groups in total. The van der Waals surface area contributed by atoms with Crippen LogP contribution in [0.5, 0.6) is 0 Å². The van der Waals surface area contributed by atoms with E-state index < -0.39 is 17.4 Å². The van der Waals surface area contributed by atoms with E-state index in [1.807, 2.05) is 20.8 Å². The van der Waals surface area contributed by atoms with Crippen molar-refractivity contribution >= 4 is 17.5 Å². The first-order valence-corrected chi connectivity index (χ1v) is 7.00. The molecule has 0 aromatic carbocycles. The molecule has 1 aromatic heterocycles. The molecule has 2 rings (SSSR count). The summed E-state index contributed by atoms with van der Waals surface area (Å²) < 4.78 is 0. The number of primary amides is 1. The lowest BCUT2D eigenvalue weighted by Crippen LogP contribution is -2.35. The Balaban J connectivity index is 2.19. The monoisotopic (exact) mass is 301 g/mol. The van der Waals surface area contributed by atoms with Crippen molar-refractivity contribution in [2.24, 2.45) is 11.1 Å². The normalized spacial score (nSPS) is 17.6. The molecule has 0 aliphatic carbocycles. The minimum Gasteiger partial charge on any atom is -0.370 e. The molecule has 116 valence electrons. The summed E-state index contributed by atoms with van der Waals surface area (Å²) in [5, 5.41) is 2.79. The van der Waals surface area contributed by atoms with Gasteiger partial charge in [-0.1, -0.05) is 26.8 Å². The highest BCUT2D eigenvalue weighted by atomic mass is 16.1. The zero-order valence-electron chi connectivity index (χ0n) is 12.8. The van der Waals surface area contributed by atoms with Gasteiger partial charge in [0.05, 0.1) is 11.7 Å². The highest BCUT2D eigenvalue weighted by Crippen LogP contribution is 2.21. The van der Waals surface area contributed by atoms with Gasteiger partial charge in [-0.25, -0.2) is 0 Å². The van der Waals surface area contributed by atoms with Crippen molar-refractivity contribution in [1.29, 1.82) is 0 Å². The zero-order chi connectivity index (χ0) is 16.5. The van der Waals surface area contributed by atoms with Crippen LogP contribution in [0.2, 0.25) is 0 Å². The Kier molecular flexibility index (Phi) is 4.12. The lowest BCUT2D eigenvalue weighted by Gasteiger charge is -2.17. The van der Waals surface area contributed by atoms with E-state index in [2.05, 4.69) is 10.3 Å². The van der Waals surface area contributed by atoms with E-state index >= 15 is 0 Å². The Hall–Kier alpha value is -2.50. The van der Waals surface area contributed by atoms with Crippen LogP contribution in [0.25, 0.3) is 0 Å². The number of pyridine rings is 1. The molecule has 0 fully saturated rings. The number of hydrogen-bond donors (Lipinski definition) is 2. The molecule has 0 saturated heterocycles. The molecule has 1 atom stereocenters. The van der Waals surface area contributed by atoms with Crippen molar-refractivity contribution in [3.8, 4) is 0 Å². The molecular weight excluding hydrogens is 282 g/mol. The van der Waals surface area contributed by atoms with E-state index in [4.69, 9.17) is 5.73 Å². The highest BCUT2D eigenvalue weighted by Gasteiger charge is 2.28. The minimum absolute atomic E-state index is 0.0787. The van der Waals surface area contributed by atoms with Gasteiger partial charge in [-0.2, -0.15) is 0 Å². The number of ketones is 2. The van der Waals surface area contributed by atoms with Crippen LogP contribution in [0, 0.1) is 5.41 Å². The summed E-state index contributed by atoms with van der Waals surface area (Å²) in [5.41, 5.74) is 5.61. The van der Waals surface area contributed by atoms with Gasteiger partial charge in [0.2, 0.25) is 0 Å². The molecule has 1 unspecified atom stereocenters. The first-order chi connectivity index (χ1) is 10.2. The minimum atomic E-state index is -0.593. The second-order valence-corrected chi connectivity index (χ2v) is 6.32. The molecule has 1 aliphatic heterocycles. The molecule has 2 heterocycles. The Bertz CT molecular complexity index is 671. The number of carbonyl (C=O) groups is 3. The fourth-order valence-electron chi connectivity index (χ4n) is 2.22. The van der Waals surface area contributed by atoms with Gasteiger partial charge in [-0.05, 0) is 12.5 Å². The summed E-state index contributed by atoms with van der Waals surface area (Å²) >= 11 is 0. The largest absolute Gasteiger partial charge is 0.370 e. The summed E-state index contributed by atoms with van der Waals surface area (Å²) in [4.78, 5) is 39.8. The number of rotatable bonds is 4. The first-order valence-electron chi connectivity index (χ1n) is 7.00. The molecule has 1 aromatic rings. The first kappa shape index (κ1) is 15.9. The number of Topliss-reactive ketones (excluding diaryl/α,β-unsaturated/α-hetero) is 2. The van der Waals surface area contributed by atoms with Gasteiger partial charge in [-0.15, -0.1) is 0 Å². The van der Waals surface area contributed by atoms with Crippen molar-refractivity contribution in [2.75, 3.05) is 0 Å². The van der Waals surface area contributed by atoms with Crippen LogP contribution in [0.3, 0.4) is 0 Å². The molecule has 6 nitrogen and oxygen atoms in total. The van der Waals surface area contributed by atoms with Gasteiger partial charge in [0, 0.05) is 28.9 Å². The van der Waals surface area contributed by atoms with Gasteiger partial charge in [-0.3, -0.25) is 19.4 Å². The summed E-state index contributed by atoms with van der Waals surface area (Å²) in [6.45, 7) is 5.43. The number of nitrogens with zero attached hydrogens (tertiary/aromatic N) is 1. The van der Waals surface area contributed by atoms with Gasteiger partial charge in [0.1, 0.15) is 0 Å². The third-order valence-corrected chi connectivity index (χ3v) is 3.44. The van der Waals surface area contributed by atoms with Crippen molar-refractivity contribution in [3.63, 3.8) is 0 Å². The maximum Gasteiger partial charge on any atom is 0.264 e. The number of carbonyl (C=O) groups excluding carboxylic acids is 3. The lowest BCUT2D eigenvalue weighted by molar-refractivity contribution is -0.114. The van der Waals surface area contributed by atoms with Crippen molar-refractivity contribution in [3.05, 3.63) is 41.4 Å². The van der Waals surface area contributed by atoms with Crippen molar-refractivity contribution in [2.45, 2.75) is 33.2 Å². The van der Waals surface area contributed by atoms with Crippen LogP contribution in [-0.4, -0.2) is 28.5 Å². The van der Waals surface area contributed by atoms with E-state index in [0.29, 0.717) is 17.5 Å². The Labute approximate surface area is 128 Å². The maximum atomic E-state index is 12.4. The molecule has 0 saturated carbocycles. The summed E-state index contributed by atoms with van der Waals surface area (Å²) in [6, 6.07) is 0.997. The molecule has 0 radical (unpaired) electrons. The van der Waals surface area contributed by atoms with Gasteiger partial charge < -0.3 is 11.1 Å². The quantitative estimate of drug-likeness (QED) is 0.814.